The van der Waals surface area contributed by atoms with E-state index in [1.54, 1.807) is 25.7 Å². The van der Waals surface area contributed by atoms with E-state index in [1.165, 1.54) is 0 Å². The van der Waals surface area contributed by atoms with E-state index in [2.05, 4.69) is 17.6 Å². The van der Waals surface area contributed by atoms with E-state index < -0.39 is 23.8 Å². The van der Waals surface area contributed by atoms with Crippen LogP contribution in [0.1, 0.15) is 97.4 Å². The van der Waals surface area contributed by atoms with Gasteiger partial charge in [0.05, 0.1) is 0 Å². The molecule has 35 heavy (non-hydrogen) atoms. The van der Waals surface area contributed by atoms with Gasteiger partial charge in [-0.05, 0) is 77.5 Å². The van der Waals surface area contributed by atoms with Crippen molar-refractivity contribution in [2.45, 2.75) is 112 Å². The zero-order valence-electron chi connectivity index (χ0n) is 23.5. The maximum absolute atomic E-state index is 14.1. The molecule has 0 fully saturated rings. The number of carbonyl (C=O) groups excluding carboxylic acids is 3. The third-order valence-electron chi connectivity index (χ3n) is 5.82. The smallest absolute Gasteiger partial charge is 0.408 e. The molecule has 7 heteroatoms. The minimum absolute atomic E-state index is 0.0801. The number of benzene rings is 1. The van der Waals surface area contributed by atoms with Gasteiger partial charge in [0, 0.05) is 12.6 Å². The van der Waals surface area contributed by atoms with E-state index in [4.69, 9.17) is 4.74 Å². The lowest BCUT2D eigenvalue weighted by Crippen LogP contribution is -2.55. The first-order valence-electron chi connectivity index (χ1n) is 12.9. The summed E-state index contributed by atoms with van der Waals surface area (Å²) in [7, 11) is 0. The Morgan fingerprint density at radius 1 is 1.00 bits per heavy atom. The second-order valence-electron chi connectivity index (χ2n) is 11.0. The number of nitrogens with one attached hydrogen (secondary N) is 2. The van der Waals surface area contributed by atoms with Crippen LogP contribution in [0.4, 0.5) is 4.79 Å². The molecule has 2 N–H and O–H groups in total. The largest absolute Gasteiger partial charge is 0.444 e. The number of aryl methyl sites for hydroxylation is 1. The Hall–Kier alpha value is -2.57. The van der Waals surface area contributed by atoms with Crippen molar-refractivity contribution in [3.05, 3.63) is 34.9 Å². The fraction of sp³-hybridized carbons (Fsp3) is 0.679. The molecule has 3 amide bonds. The van der Waals surface area contributed by atoms with E-state index in [-0.39, 0.29) is 23.8 Å². The fourth-order valence-electron chi connectivity index (χ4n) is 3.91. The first kappa shape index (κ1) is 30.5. The van der Waals surface area contributed by atoms with Crippen LogP contribution in [0, 0.1) is 19.8 Å². The number of ether oxygens (including phenoxy) is 1. The zero-order chi connectivity index (χ0) is 26.9. The molecule has 7 nitrogen and oxygen atoms in total. The lowest BCUT2D eigenvalue weighted by molar-refractivity contribution is -0.143. The van der Waals surface area contributed by atoms with Crippen LogP contribution < -0.4 is 10.6 Å². The predicted octanol–water partition coefficient (Wildman–Crippen LogP) is 5.44. The van der Waals surface area contributed by atoms with E-state index in [0.717, 1.165) is 36.0 Å². The Balaban J connectivity index is 3.53. The van der Waals surface area contributed by atoms with Crippen LogP contribution in [-0.4, -0.2) is 47.0 Å². The summed E-state index contributed by atoms with van der Waals surface area (Å²) in [5.41, 5.74) is 2.14. The van der Waals surface area contributed by atoms with Gasteiger partial charge in [-0.2, -0.15) is 0 Å². The number of hydrogen-bond acceptors (Lipinski definition) is 4. The molecule has 198 valence electrons. The van der Waals surface area contributed by atoms with Crippen molar-refractivity contribution in [1.29, 1.82) is 0 Å². The van der Waals surface area contributed by atoms with Crippen LogP contribution in [0.25, 0.3) is 0 Å². The molecule has 2 unspecified atom stereocenters. The normalized spacial score (nSPS) is 13.4. The van der Waals surface area contributed by atoms with Gasteiger partial charge in [0.25, 0.3) is 0 Å². The van der Waals surface area contributed by atoms with E-state index in [9.17, 15) is 14.4 Å². The highest BCUT2D eigenvalue weighted by molar-refractivity contribution is 5.92. The molecule has 0 aliphatic heterocycles. The highest BCUT2D eigenvalue weighted by Gasteiger charge is 2.38. The standard InChI is InChI=1S/C28H47N3O4/c1-11-12-13-17-31(26(33)23(18(2)3)30-27(34)35-28(8,9)10)24(25(32)29-19(4)5)22-16-14-15-20(6)21(22)7/h14-16,18-19,23-24H,11-13,17H2,1-10H3,(H,29,32)(H,30,34). The molecule has 2 atom stereocenters. The third kappa shape index (κ3) is 9.54. The molecular formula is C28H47N3O4. The van der Waals surface area contributed by atoms with Gasteiger partial charge in [0.15, 0.2) is 0 Å². The van der Waals surface area contributed by atoms with Gasteiger partial charge in [-0.25, -0.2) is 4.79 Å². The first-order chi connectivity index (χ1) is 16.2. The summed E-state index contributed by atoms with van der Waals surface area (Å²) in [4.78, 5) is 41.9. The predicted molar refractivity (Wildman–Crippen MR) is 141 cm³/mol. The van der Waals surface area contributed by atoms with Crippen molar-refractivity contribution in [1.82, 2.24) is 15.5 Å². The lowest BCUT2D eigenvalue weighted by atomic mass is 9.93. The summed E-state index contributed by atoms with van der Waals surface area (Å²) in [5.74, 6) is -0.707. The van der Waals surface area contributed by atoms with Crippen molar-refractivity contribution >= 4 is 17.9 Å². The van der Waals surface area contributed by atoms with Gasteiger partial charge in [-0.1, -0.05) is 51.8 Å². The Kier molecular flexibility index (Phi) is 11.7. The molecule has 1 aromatic carbocycles. The van der Waals surface area contributed by atoms with Crippen LogP contribution in [0.15, 0.2) is 18.2 Å². The molecule has 0 heterocycles. The number of unbranched alkanes of at least 4 members (excludes halogenated alkanes) is 2. The Bertz CT molecular complexity index is 858. The average molecular weight is 490 g/mol. The number of carbonyl (C=O) groups is 3. The second kappa shape index (κ2) is 13.5. The van der Waals surface area contributed by atoms with E-state index in [1.807, 2.05) is 59.7 Å². The van der Waals surface area contributed by atoms with Crippen molar-refractivity contribution in [2.75, 3.05) is 6.54 Å². The minimum atomic E-state index is -0.828. The Morgan fingerprint density at radius 2 is 1.63 bits per heavy atom. The van der Waals surface area contributed by atoms with Gasteiger partial charge >= 0.3 is 6.09 Å². The Labute approximate surface area is 212 Å². The topological polar surface area (TPSA) is 87.7 Å². The molecule has 0 aliphatic carbocycles. The van der Waals surface area contributed by atoms with E-state index in [0.29, 0.717) is 6.54 Å². The molecule has 0 aromatic heterocycles. The zero-order valence-corrected chi connectivity index (χ0v) is 23.5. The summed E-state index contributed by atoms with van der Waals surface area (Å²) in [6.45, 7) is 19.4. The summed E-state index contributed by atoms with van der Waals surface area (Å²) in [6.07, 6.45) is 2.03. The van der Waals surface area contributed by atoms with Gasteiger partial charge in [-0.3, -0.25) is 9.59 Å². The summed E-state index contributed by atoms with van der Waals surface area (Å²) < 4.78 is 5.43. The molecule has 0 radical (unpaired) electrons. The van der Waals surface area contributed by atoms with Crippen LogP contribution in [0.5, 0.6) is 0 Å². The van der Waals surface area contributed by atoms with Gasteiger partial charge in [0.1, 0.15) is 17.7 Å². The van der Waals surface area contributed by atoms with Crippen molar-refractivity contribution in [2.24, 2.45) is 5.92 Å². The minimum Gasteiger partial charge on any atom is -0.444 e. The molecule has 0 bridgehead atoms. The maximum atomic E-state index is 14.1. The molecule has 0 saturated heterocycles. The van der Waals surface area contributed by atoms with Gasteiger partial charge in [-0.15, -0.1) is 0 Å². The molecular weight excluding hydrogens is 442 g/mol. The van der Waals surface area contributed by atoms with Crippen LogP contribution in [-0.2, 0) is 14.3 Å². The Morgan fingerprint density at radius 3 is 2.14 bits per heavy atom. The van der Waals surface area contributed by atoms with Crippen molar-refractivity contribution in [3.63, 3.8) is 0 Å². The molecule has 0 aliphatic rings. The summed E-state index contributed by atoms with van der Waals surface area (Å²) in [5, 5.41) is 5.78. The number of rotatable bonds is 11. The second-order valence-corrected chi connectivity index (χ2v) is 11.0. The number of nitrogens with zero attached hydrogens (tertiary/aromatic N) is 1. The highest BCUT2D eigenvalue weighted by Crippen LogP contribution is 2.28. The summed E-state index contributed by atoms with van der Waals surface area (Å²) in [6, 6.07) is 4.12. The SMILES string of the molecule is CCCCCN(C(=O)C(NC(=O)OC(C)(C)C)C(C)C)C(C(=O)NC(C)C)c1cccc(C)c1C. The third-order valence-corrected chi connectivity index (χ3v) is 5.82. The van der Waals surface area contributed by atoms with Crippen LogP contribution >= 0.6 is 0 Å². The quantitative estimate of drug-likeness (QED) is 0.405. The van der Waals surface area contributed by atoms with Crippen LogP contribution in [0.2, 0.25) is 0 Å². The average Bonchev–Trinajstić information content (AvgIpc) is 2.71. The lowest BCUT2D eigenvalue weighted by Gasteiger charge is -2.36. The first-order valence-corrected chi connectivity index (χ1v) is 12.9. The van der Waals surface area contributed by atoms with Crippen molar-refractivity contribution in [3.8, 4) is 0 Å². The number of alkyl carbamates (subject to hydrolysis) is 1. The fourth-order valence-corrected chi connectivity index (χ4v) is 3.91. The van der Waals surface area contributed by atoms with Crippen LogP contribution in [0.3, 0.4) is 0 Å². The van der Waals surface area contributed by atoms with E-state index >= 15 is 0 Å². The molecule has 0 spiro atoms. The number of hydrogen-bond donors (Lipinski definition) is 2. The molecule has 1 aromatic rings. The monoisotopic (exact) mass is 489 g/mol. The molecule has 1 rings (SSSR count). The number of amides is 3. The molecule has 0 saturated carbocycles. The van der Waals surface area contributed by atoms with Gasteiger partial charge < -0.3 is 20.3 Å². The highest BCUT2D eigenvalue weighted by atomic mass is 16.6. The van der Waals surface area contributed by atoms with Gasteiger partial charge in [0.2, 0.25) is 11.8 Å². The van der Waals surface area contributed by atoms with Crippen molar-refractivity contribution < 1.29 is 19.1 Å². The maximum Gasteiger partial charge on any atom is 0.408 e. The summed E-state index contributed by atoms with van der Waals surface area (Å²) >= 11 is 0.